The van der Waals surface area contributed by atoms with Crippen molar-refractivity contribution in [3.8, 4) is 0 Å². The van der Waals surface area contributed by atoms with Crippen LogP contribution in [0.15, 0.2) is 18.2 Å². The van der Waals surface area contributed by atoms with Crippen LogP contribution in [0, 0.1) is 12.8 Å². The van der Waals surface area contributed by atoms with E-state index in [0.717, 1.165) is 17.8 Å². The van der Waals surface area contributed by atoms with Crippen molar-refractivity contribution in [1.82, 2.24) is 4.90 Å². The van der Waals surface area contributed by atoms with E-state index in [9.17, 15) is 4.79 Å². The summed E-state index contributed by atoms with van der Waals surface area (Å²) >= 11 is 0. The van der Waals surface area contributed by atoms with Gasteiger partial charge < -0.3 is 11.1 Å². The minimum Gasteiger partial charge on any atom is -0.398 e. The summed E-state index contributed by atoms with van der Waals surface area (Å²) in [5.41, 5.74) is 8.31. The van der Waals surface area contributed by atoms with Gasteiger partial charge in [0.2, 0.25) is 5.91 Å². The molecule has 20 heavy (non-hydrogen) atoms. The van der Waals surface area contributed by atoms with Gasteiger partial charge in [-0.3, -0.25) is 9.69 Å². The van der Waals surface area contributed by atoms with Gasteiger partial charge in [0.25, 0.3) is 0 Å². The highest BCUT2D eigenvalue weighted by molar-refractivity contribution is 5.93. The number of piperidine rings is 1. The second-order valence-electron chi connectivity index (χ2n) is 5.90. The molecule has 2 atom stereocenters. The number of likely N-dealkylation sites (tertiary alicyclic amines) is 1. The molecule has 1 heterocycles. The molecule has 0 aromatic heterocycles. The number of nitrogens with two attached hydrogens (primary N) is 1. The number of hydrogen-bond donors (Lipinski definition) is 2. The molecular formula is C16H25N3O. The zero-order valence-electron chi connectivity index (χ0n) is 12.6. The van der Waals surface area contributed by atoms with E-state index < -0.39 is 0 Å². The van der Waals surface area contributed by atoms with Crippen LogP contribution < -0.4 is 11.1 Å². The van der Waals surface area contributed by atoms with E-state index in [0.29, 0.717) is 24.2 Å². The molecule has 2 rings (SSSR count). The van der Waals surface area contributed by atoms with Crippen LogP contribution in [0.5, 0.6) is 0 Å². The zero-order chi connectivity index (χ0) is 14.7. The highest BCUT2D eigenvalue weighted by atomic mass is 16.2. The van der Waals surface area contributed by atoms with Gasteiger partial charge in [-0.25, -0.2) is 0 Å². The monoisotopic (exact) mass is 275 g/mol. The first-order valence-electron chi connectivity index (χ1n) is 7.38. The Balaban J connectivity index is 1.97. The number of benzene rings is 1. The summed E-state index contributed by atoms with van der Waals surface area (Å²) in [5, 5.41) is 2.97. The van der Waals surface area contributed by atoms with Gasteiger partial charge in [-0.05, 0) is 56.8 Å². The maximum Gasteiger partial charge on any atom is 0.238 e. The first-order valence-corrected chi connectivity index (χ1v) is 7.38. The topological polar surface area (TPSA) is 58.4 Å². The van der Waals surface area contributed by atoms with Crippen molar-refractivity contribution in [3.63, 3.8) is 0 Å². The van der Waals surface area contributed by atoms with Gasteiger partial charge >= 0.3 is 0 Å². The Kier molecular flexibility index (Phi) is 4.65. The third-order valence-electron chi connectivity index (χ3n) is 4.50. The highest BCUT2D eigenvalue weighted by Gasteiger charge is 2.26. The summed E-state index contributed by atoms with van der Waals surface area (Å²) < 4.78 is 0. The second kappa shape index (κ2) is 6.27. The van der Waals surface area contributed by atoms with Crippen LogP contribution in [-0.4, -0.2) is 29.9 Å². The average Bonchev–Trinajstić information content (AvgIpc) is 2.40. The predicted molar refractivity (Wildman–Crippen MR) is 83.7 cm³/mol. The molecule has 110 valence electrons. The van der Waals surface area contributed by atoms with Crippen molar-refractivity contribution in [2.75, 3.05) is 24.1 Å². The number of nitrogens with one attached hydrogen (secondary N) is 1. The lowest BCUT2D eigenvalue weighted by atomic mass is 9.92. The molecule has 4 nitrogen and oxygen atoms in total. The van der Waals surface area contributed by atoms with Crippen LogP contribution in [0.2, 0.25) is 0 Å². The van der Waals surface area contributed by atoms with E-state index in [-0.39, 0.29) is 5.91 Å². The number of hydrogen-bond acceptors (Lipinski definition) is 3. The van der Waals surface area contributed by atoms with Crippen LogP contribution in [0.25, 0.3) is 0 Å². The summed E-state index contributed by atoms with van der Waals surface area (Å²) in [6.45, 7) is 7.87. The molecule has 1 saturated heterocycles. The quantitative estimate of drug-likeness (QED) is 0.834. The number of nitrogens with zero attached hydrogens (tertiary/aromatic N) is 1. The van der Waals surface area contributed by atoms with Gasteiger partial charge in [-0.2, -0.15) is 0 Å². The summed E-state index contributed by atoms with van der Waals surface area (Å²) in [7, 11) is 0. The van der Waals surface area contributed by atoms with Crippen molar-refractivity contribution in [2.45, 2.75) is 39.7 Å². The van der Waals surface area contributed by atoms with E-state index in [2.05, 4.69) is 24.1 Å². The lowest BCUT2D eigenvalue weighted by molar-refractivity contribution is -0.118. The van der Waals surface area contributed by atoms with Crippen molar-refractivity contribution in [2.24, 2.45) is 5.92 Å². The molecule has 1 aliphatic heterocycles. The SMILES string of the molecule is Cc1c(N)cccc1NC(=O)CN1CCCC(C)C1C. The van der Waals surface area contributed by atoms with Crippen molar-refractivity contribution in [3.05, 3.63) is 23.8 Å². The standard InChI is InChI=1S/C16H25N3O/c1-11-6-5-9-19(13(11)3)10-16(20)18-15-8-4-7-14(17)12(15)2/h4,7-8,11,13H,5-6,9-10,17H2,1-3H3,(H,18,20). The lowest BCUT2D eigenvalue weighted by Crippen LogP contribution is -2.46. The van der Waals surface area contributed by atoms with Gasteiger partial charge in [-0.1, -0.05) is 13.0 Å². The summed E-state index contributed by atoms with van der Waals surface area (Å²) in [6.07, 6.45) is 2.43. The molecule has 1 fully saturated rings. The molecule has 1 aromatic carbocycles. The first-order chi connectivity index (χ1) is 9.49. The highest BCUT2D eigenvalue weighted by Crippen LogP contribution is 2.23. The predicted octanol–water partition coefficient (Wildman–Crippen LogP) is 2.64. The lowest BCUT2D eigenvalue weighted by Gasteiger charge is -2.37. The van der Waals surface area contributed by atoms with Gasteiger partial charge in [0.15, 0.2) is 0 Å². The van der Waals surface area contributed by atoms with Crippen molar-refractivity contribution in [1.29, 1.82) is 0 Å². The van der Waals surface area contributed by atoms with Crippen LogP contribution in [-0.2, 0) is 4.79 Å². The molecule has 0 aliphatic carbocycles. The van der Waals surface area contributed by atoms with E-state index >= 15 is 0 Å². The molecule has 3 N–H and O–H groups in total. The van der Waals surface area contributed by atoms with Crippen molar-refractivity contribution >= 4 is 17.3 Å². The fourth-order valence-electron chi connectivity index (χ4n) is 2.81. The number of nitrogen functional groups attached to an aromatic ring is 1. The van der Waals surface area contributed by atoms with Crippen LogP contribution in [0.1, 0.15) is 32.3 Å². The smallest absolute Gasteiger partial charge is 0.238 e. The fourth-order valence-corrected chi connectivity index (χ4v) is 2.81. The molecule has 2 unspecified atom stereocenters. The third kappa shape index (κ3) is 3.31. The Morgan fingerprint density at radius 3 is 2.95 bits per heavy atom. The summed E-state index contributed by atoms with van der Waals surface area (Å²) in [5.74, 6) is 0.699. The molecule has 0 spiro atoms. The maximum absolute atomic E-state index is 12.2. The molecule has 0 radical (unpaired) electrons. The molecular weight excluding hydrogens is 250 g/mol. The normalized spacial score (nSPS) is 23.6. The average molecular weight is 275 g/mol. The Morgan fingerprint density at radius 2 is 2.20 bits per heavy atom. The molecule has 4 heteroatoms. The summed E-state index contributed by atoms with van der Waals surface area (Å²) in [4.78, 5) is 14.5. The van der Waals surface area contributed by atoms with Crippen molar-refractivity contribution < 1.29 is 4.79 Å². The van der Waals surface area contributed by atoms with Crippen LogP contribution in [0.3, 0.4) is 0 Å². The fraction of sp³-hybridized carbons (Fsp3) is 0.562. The molecule has 1 aromatic rings. The van der Waals surface area contributed by atoms with E-state index in [1.165, 1.54) is 12.8 Å². The first kappa shape index (κ1) is 14.9. The Labute approximate surface area is 121 Å². The van der Waals surface area contributed by atoms with Gasteiger partial charge in [-0.15, -0.1) is 0 Å². The number of amides is 1. The molecule has 1 aliphatic rings. The van der Waals surface area contributed by atoms with Crippen LogP contribution >= 0.6 is 0 Å². The zero-order valence-corrected chi connectivity index (χ0v) is 12.6. The summed E-state index contributed by atoms with van der Waals surface area (Å²) in [6, 6.07) is 6.07. The minimum absolute atomic E-state index is 0.0413. The molecule has 0 bridgehead atoms. The Morgan fingerprint density at radius 1 is 1.45 bits per heavy atom. The largest absolute Gasteiger partial charge is 0.398 e. The van der Waals surface area contributed by atoms with E-state index in [1.807, 2.05) is 25.1 Å². The second-order valence-corrected chi connectivity index (χ2v) is 5.90. The van der Waals surface area contributed by atoms with Gasteiger partial charge in [0.1, 0.15) is 0 Å². The van der Waals surface area contributed by atoms with E-state index in [1.54, 1.807) is 0 Å². The number of anilines is 2. The minimum atomic E-state index is 0.0413. The number of carbonyl (C=O) groups excluding carboxylic acids is 1. The van der Waals surface area contributed by atoms with Crippen LogP contribution in [0.4, 0.5) is 11.4 Å². The number of rotatable bonds is 3. The van der Waals surface area contributed by atoms with Gasteiger partial charge in [0, 0.05) is 17.4 Å². The van der Waals surface area contributed by atoms with E-state index in [4.69, 9.17) is 5.73 Å². The third-order valence-corrected chi connectivity index (χ3v) is 4.50. The molecule has 0 saturated carbocycles. The Bertz CT molecular complexity index is 487. The Hall–Kier alpha value is -1.55. The maximum atomic E-state index is 12.2. The van der Waals surface area contributed by atoms with Gasteiger partial charge in [0.05, 0.1) is 6.54 Å². The number of carbonyl (C=O) groups is 1. The molecule has 1 amide bonds.